The Balaban J connectivity index is 1.72. The van der Waals surface area contributed by atoms with Crippen molar-refractivity contribution < 1.29 is 9.90 Å². The quantitative estimate of drug-likeness (QED) is 0.490. The highest BCUT2D eigenvalue weighted by Gasteiger charge is 2.36. The lowest BCUT2D eigenvalue weighted by Gasteiger charge is -2.16. The van der Waals surface area contributed by atoms with Crippen molar-refractivity contribution in [3.8, 4) is 16.1 Å². The fourth-order valence-electron chi connectivity index (χ4n) is 4.21. The van der Waals surface area contributed by atoms with E-state index in [1.807, 2.05) is 43.1 Å². The molecule has 5 rings (SSSR count). The molecule has 0 saturated carbocycles. The summed E-state index contributed by atoms with van der Waals surface area (Å²) in [6, 6.07) is 7.53. The van der Waals surface area contributed by atoms with Crippen molar-refractivity contribution in [2.75, 3.05) is 0 Å². The number of aryl methyl sites for hydroxylation is 3. The Kier molecular flexibility index (Phi) is 5.01. The molecule has 0 spiro atoms. The molecule has 1 aliphatic heterocycles. The van der Waals surface area contributed by atoms with Crippen molar-refractivity contribution in [3.05, 3.63) is 69.9 Å². The Morgan fingerprint density at radius 1 is 1.09 bits per heavy atom. The summed E-state index contributed by atoms with van der Waals surface area (Å²) < 4.78 is 3.75. The number of carboxylic acids is 1. The first-order chi connectivity index (χ1) is 15.8. The van der Waals surface area contributed by atoms with Gasteiger partial charge in [-0.25, -0.2) is 0 Å². The van der Waals surface area contributed by atoms with Gasteiger partial charge < -0.3 is 5.11 Å². The Morgan fingerprint density at radius 2 is 1.79 bits per heavy atom. The molecule has 0 saturated heterocycles. The predicted molar refractivity (Wildman–Crippen MR) is 127 cm³/mol. The van der Waals surface area contributed by atoms with Crippen molar-refractivity contribution >= 4 is 23.0 Å². The van der Waals surface area contributed by atoms with Crippen LogP contribution in [0.5, 0.6) is 0 Å². The Bertz CT molecular complexity index is 1410. The Labute approximate surface area is 195 Å². The molecule has 1 unspecified atom stereocenters. The normalized spacial score (nSPS) is 16.0. The van der Waals surface area contributed by atoms with Gasteiger partial charge in [-0.2, -0.15) is 5.10 Å². The molecule has 4 heterocycles. The lowest BCUT2D eigenvalue weighted by molar-refractivity contribution is -0.141. The minimum atomic E-state index is -0.916. The molecule has 0 fully saturated rings. The van der Waals surface area contributed by atoms with Gasteiger partial charge in [-0.05, 0) is 38.8 Å². The van der Waals surface area contributed by atoms with Gasteiger partial charge in [0.15, 0.2) is 5.82 Å². The standard InChI is InChI=1S/C24H24N6O2S/c1-12-14(3)33-23-19(12)21(17-8-6-16(7-9-17)18-10-25-29(5)11-18)26-20(13(2)24(31)32)22-28-27-15(4)30(22)23/h6-11,13,20H,1-5H3,(H,31,32)/t13?,20-/m0/s1. The van der Waals surface area contributed by atoms with E-state index in [0.29, 0.717) is 5.82 Å². The van der Waals surface area contributed by atoms with Crippen molar-refractivity contribution in [3.63, 3.8) is 0 Å². The maximum atomic E-state index is 12.0. The average Bonchev–Trinajstić information content (AvgIpc) is 3.44. The monoisotopic (exact) mass is 460 g/mol. The molecule has 9 heteroatoms. The molecule has 33 heavy (non-hydrogen) atoms. The number of aliphatic carboxylic acids is 1. The number of carboxylic acid groups (broad SMARTS) is 1. The highest BCUT2D eigenvalue weighted by molar-refractivity contribution is 7.15. The summed E-state index contributed by atoms with van der Waals surface area (Å²) in [5.74, 6) is -0.391. The summed E-state index contributed by atoms with van der Waals surface area (Å²) in [7, 11) is 1.89. The van der Waals surface area contributed by atoms with Gasteiger partial charge in [0.25, 0.3) is 0 Å². The van der Waals surface area contributed by atoms with Crippen LogP contribution in [0.3, 0.4) is 0 Å². The predicted octanol–water partition coefficient (Wildman–Crippen LogP) is 4.27. The molecule has 0 bridgehead atoms. The molecule has 0 aliphatic carbocycles. The molecule has 0 amide bonds. The van der Waals surface area contributed by atoms with Crippen LogP contribution in [-0.4, -0.2) is 41.3 Å². The summed E-state index contributed by atoms with van der Waals surface area (Å²) in [5.41, 5.74) is 5.96. The van der Waals surface area contributed by atoms with Crippen molar-refractivity contribution in [1.29, 1.82) is 0 Å². The van der Waals surface area contributed by atoms with Gasteiger partial charge in [0, 0.05) is 34.8 Å². The molecule has 1 N–H and O–H groups in total. The van der Waals surface area contributed by atoms with E-state index in [1.54, 1.807) is 22.9 Å². The molecular weight excluding hydrogens is 436 g/mol. The molecule has 4 aromatic rings. The van der Waals surface area contributed by atoms with Crippen LogP contribution < -0.4 is 0 Å². The van der Waals surface area contributed by atoms with Crippen LogP contribution >= 0.6 is 11.3 Å². The van der Waals surface area contributed by atoms with E-state index in [9.17, 15) is 9.90 Å². The lowest BCUT2D eigenvalue weighted by atomic mass is 9.97. The zero-order valence-corrected chi connectivity index (χ0v) is 19.9. The van der Waals surface area contributed by atoms with E-state index in [4.69, 9.17) is 4.99 Å². The highest BCUT2D eigenvalue weighted by Crippen LogP contribution is 2.40. The van der Waals surface area contributed by atoms with Crippen molar-refractivity contribution in [2.24, 2.45) is 18.0 Å². The maximum absolute atomic E-state index is 12.0. The number of rotatable bonds is 4. The lowest BCUT2D eigenvalue weighted by Crippen LogP contribution is -2.21. The van der Waals surface area contributed by atoms with Gasteiger partial charge in [0.1, 0.15) is 16.9 Å². The zero-order valence-electron chi connectivity index (χ0n) is 19.1. The molecule has 1 aliphatic rings. The number of benzene rings is 1. The second kappa shape index (κ2) is 7.77. The van der Waals surface area contributed by atoms with Crippen LogP contribution in [0, 0.1) is 26.7 Å². The van der Waals surface area contributed by atoms with Crippen LogP contribution in [0.1, 0.15) is 46.2 Å². The SMILES string of the molecule is Cc1sc2c(c1C)C(c1ccc(-c3cnn(C)c3)cc1)=N[C@@H](C(C)C(=O)O)c1nnc(C)n1-2. The van der Waals surface area contributed by atoms with Crippen LogP contribution in [-0.2, 0) is 11.8 Å². The Hall–Kier alpha value is -3.59. The third-order valence-corrected chi connectivity index (χ3v) is 7.44. The minimum Gasteiger partial charge on any atom is -0.481 e. The topological polar surface area (TPSA) is 98.2 Å². The van der Waals surface area contributed by atoms with Crippen LogP contribution in [0.2, 0.25) is 0 Å². The Morgan fingerprint density at radius 3 is 2.42 bits per heavy atom. The number of fused-ring (bicyclic) bond motifs is 3. The molecule has 3 aromatic heterocycles. The van der Waals surface area contributed by atoms with E-state index >= 15 is 0 Å². The van der Waals surface area contributed by atoms with E-state index in [0.717, 1.165) is 44.4 Å². The summed E-state index contributed by atoms with van der Waals surface area (Å²) in [6.45, 7) is 7.74. The van der Waals surface area contributed by atoms with Crippen LogP contribution in [0.4, 0.5) is 0 Å². The van der Waals surface area contributed by atoms with E-state index in [1.165, 1.54) is 4.88 Å². The number of hydrogen-bond donors (Lipinski definition) is 1. The summed E-state index contributed by atoms with van der Waals surface area (Å²) in [5, 5.41) is 23.7. The van der Waals surface area contributed by atoms with Crippen molar-refractivity contribution in [2.45, 2.75) is 33.7 Å². The average molecular weight is 461 g/mol. The van der Waals surface area contributed by atoms with Gasteiger partial charge in [-0.1, -0.05) is 24.3 Å². The van der Waals surface area contributed by atoms with Gasteiger partial charge in [-0.3, -0.25) is 19.0 Å². The van der Waals surface area contributed by atoms with Crippen LogP contribution in [0.25, 0.3) is 16.1 Å². The number of nitrogens with zero attached hydrogens (tertiary/aromatic N) is 6. The van der Waals surface area contributed by atoms with Gasteiger partial charge in [0.05, 0.1) is 17.8 Å². The number of thiophene rings is 1. The first-order valence-corrected chi connectivity index (χ1v) is 11.5. The first-order valence-electron chi connectivity index (χ1n) is 10.7. The third-order valence-electron chi connectivity index (χ3n) is 6.25. The summed E-state index contributed by atoms with van der Waals surface area (Å²) in [4.78, 5) is 18.2. The number of aliphatic imine (C=N–C) groups is 1. The second-order valence-corrected chi connectivity index (χ2v) is 9.64. The molecule has 1 aromatic carbocycles. The summed E-state index contributed by atoms with van der Waals surface area (Å²) in [6.07, 6.45) is 3.81. The van der Waals surface area contributed by atoms with Gasteiger partial charge in [-0.15, -0.1) is 21.5 Å². The third kappa shape index (κ3) is 3.39. The molecule has 0 radical (unpaired) electrons. The van der Waals surface area contributed by atoms with E-state index in [-0.39, 0.29) is 0 Å². The second-order valence-electron chi connectivity index (χ2n) is 8.43. The van der Waals surface area contributed by atoms with E-state index in [2.05, 4.69) is 41.3 Å². The van der Waals surface area contributed by atoms with Crippen molar-refractivity contribution in [1.82, 2.24) is 24.5 Å². The fraction of sp³-hybridized carbons (Fsp3) is 0.292. The number of carbonyl (C=O) groups is 1. The number of aromatic nitrogens is 5. The minimum absolute atomic E-state index is 0.562. The van der Waals surface area contributed by atoms with Gasteiger partial charge in [0.2, 0.25) is 0 Å². The largest absolute Gasteiger partial charge is 0.481 e. The van der Waals surface area contributed by atoms with E-state index < -0.39 is 17.9 Å². The molecule has 2 atom stereocenters. The van der Waals surface area contributed by atoms with Gasteiger partial charge >= 0.3 is 5.97 Å². The maximum Gasteiger partial charge on any atom is 0.308 e. The first kappa shape index (κ1) is 21.3. The van der Waals surface area contributed by atoms with Crippen LogP contribution in [0.15, 0.2) is 41.7 Å². The molecule has 168 valence electrons. The molecule has 8 nitrogen and oxygen atoms in total. The fourth-order valence-corrected chi connectivity index (χ4v) is 5.42. The molecular formula is C24H24N6O2S. The zero-order chi connectivity index (χ0) is 23.4. The highest BCUT2D eigenvalue weighted by atomic mass is 32.1. The smallest absolute Gasteiger partial charge is 0.308 e. The summed E-state index contributed by atoms with van der Waals surface area (Å²) >= 11 is 1.66. The number of hydrogen-bond acceptors (Lipinski definition) is 6.